The molecule has 0 radical (unpaired) electrons. The molecule has 0 saturated heterocycles. The lowest BCUT2D eigenvalue weighted by Crippen LogP contribution is -2.47. The molecular formula is C12H17N3O2S2. The number of aromatic nitrogens is 1. The molecule has 19 heavy (non-hydrogen) atoms. The lowest BCUT2D eigenvalue weighted by Gasteiger charge is -2.25. The van der Waals surface area contributed by atoms with Gasteiger partial charge >= 0.3 is 0 Å². The molecule has 1 heterocycles. The van der Waals surface area contributed by atoms with Crippen molar-refractivity contribution in [1.29, 1.82) is 0 Å². The third-order valence-electron chi connectivity index (χ3n) is 2.44. The molecule has 0 saturated carbocycles. The van der Waals surface area contributed by atoms with Crippen LogP contribution < -0.4 is 10.0 Å². The first kappa shape index (κ1) is 14.2. The van der Waals surface area contributed by atoms with Crippen molar-refractivity contribution in [3.05, 3.63) is 24.3 Å². The van der Waals surface area contributed by atoms with E-state index in [1.54, 1.807) is 11.3 Å². The number of benzene rings is 1. The smallest absolute Gasteiger partial charge is 0.209 e. The number of anilines is 1. The van der Waals surface area contributed by atoms with Crippen LogP contribution in [0.25, 0.3) is 10.2 Å². The fourth-order valence-electron chi connectivity index (χ4n) is 1.78. The maximum Gasteiger partial charge on any atom is 0.209 e. The van der Waals surface area contributed by atoms with Crippen LogP contribution in [-0.4, -0.2) is 31.7 Å². The van der Waals surface area contributed by atoms with Crippen molar-refractivity contribution in [2.24, 2.45) is 0 Å². The van der Waals surface area contributed by atoms with Crippen LogP contribution in [0.5, 0.6) is 0 Å². The lowest BCUT2D eigenvalue weighted by atomic mass is 10.1. The van der Waals surface area contributed by atoms with Gasteiger partial charge in [-0.2, -0.15) is 0 Å². The summed E-state index contributed by atoms with van der Waals surface area (Å²) in [6, 6.07) is 7.88. The minimum Gasteiger partial charge on any atom is -0.360 e. The Kier molecular flexibility index (Phi) is 3.80. The second kappa shape index (κ2) is 5.07. The van der Waals surface area contributed by atoms with Gasteiger partial charge in [0.15, 0.2) is 5.13 Å². The van der Waals surface area contributed by atoms with Gasteiger partial charge in [0, 0.05) is 12.1 Å². The Morgan fingerprint density at radius 1 is 1.32 bits per heavy atom. The average molecular weight is 299 g/mol. The maximum absolute atomic E-state index is 11.2. The number of nitrogens with zero attached hydrogens (tertiary/aromatic N) is 1. The van der Waals surface area contributed by atoms with Crippen LogP contribution in [0.4, 0.5) is 5.13 Å². The molecule has 0 aliphatic rings. The fourth-order valence-corrected chi connectivity index (χ4v) is 3.72. The van der Waals surface area contributed by atoms with Gasteiger partial charge in [-0.25, -0.2) is 18.1 Å². The fraction of sp³-hybridized carbons (Fsp3) is 0.417. The van der Waals surface area contributed by atoms with Crippen molar-refractivity contribution in [2.45, 2.75) is 19.4 Å². The second-order valence-electron chi connectivity index (χ2n) is 5.10. The van der Waals surface area contributed by atoms with E-state index in [9.17, 15) is 8.42 Å². The Balaban J connectivity index is 2.05. The topological polar surface area (TPSA) is 71.1 Å². The van der Waals surface area contributed by atoms with Crippen molar-refractivity contribution in [3.8, 4) is 0 Å². The molecule has 0 bridgehead atoms. The normalized spacial score (nSPS) is 12.8. The summed E-state index contributed by atoms with van der Waals surface area (Å²) in [5.41, 5.74) is 0.384. The molecule has 1 aromatic carbocycles. The molecular weight excluding hydrogens is 282 g/mol. The molecule has 0 amide bonds. The minimum absolute atomic E-state index is 0.472. The highest BCUT2D eigenvalue weighted by Crippen LogP contribution is 2.25. The molecule has 7 heteroatoms. The van der Waals surface area contributed by atoms with Crippen LogP contribution in [-0.2, 0) is 10.0 Å². The minimum atomic E-state index is -3.22. The number of sulfonamides is 1. The van der Waals surface area contributed by atoms with Gasteiger partial charge in [-0.15, -0.1) is 0 Å². The van der Waals surface area contributed by atoms with E-state index in [4.69, 9.17) is 0 Å². The van der Waals surface area contributed by atoms with Gasteiger partial charge in [0.1, 0.15) is 0 Å². The van der Waals surface area contributed by atoms with E-state index in [1.807, 2.05) is 38.1 Å². The van der Waals surface area contributed by atoms with E-state index < -0.39 is 15.6 Å². The quantitative estimate of drug-likeness (QED) is 0.886. The molecule has 2 N–H and O–H groups in total. The molecule has 0 unspecified atom stereocenters. The van der Waals surface area contributed by atoms with E-state index in [0.29, 0.717) is 6.54 Å². The summed E-state index contributed by atoms with van der Waals surface area (Å²) in [6.45, 7) is 4.13. The van der Waals surface area contributed by atoms with Crippen LogP contribution in [0, 0.1) is 0 Å². The first-order valence-corrected chi connectivity index (χ1v) is 8.54. The van der Waals surface area contributed by atoms with E-state index in [0.717, 1.165) is 21.6 Å². The average Bonchev–Trinajstić information content (AvgIpc) is 2.66. The van der Waals surface area contributed by atoms with Crippen LogP contribution in [0.1, 0.15) is 13.8 Å². The van der Waals surface area contributed by atoms with E-state index in [2.05, 4.69) is 15.0 Å². The highest BCUT2D eigenvalue weighted by atomic mass is 32.2. The van der Waals surface area contributed by atoms with Gasteiger partial charge in [0.05, 0.1) is 16.5 Å². The third-order valence-corrected chi connectivity index (χ3v) is 4.35. The number of hydrogen-bond donors (Lipinski definition) is 2. The summed E-state index contributed by atoms with van der Waals surface area (Å²) in [5.74, 6) is 0. The molecule has 2 rings (SSSR count). The van der Waals surface area contributed by atoms with Gasteiger partial charge in [0.2, 0.25) is 10.0 Å². The Labute approximate surface area is 117 Å². The van der Waals surface area contributed by atoms with Crippen molar-refractivity contribution in [3.63, 3.8) is 0 Å². The molecule has 0 aliphatic carbocycles. The standard InChI is InChI=1S/C12H17N3O2S2/c1-12(2,15-19(3,16)17)8-13-11-14-9-6-4-5-7-10(9)18-11/h4-7,15H,8H2,1-3H3,(H,13,14). The van der Waals surface area contributed by atoms with Gasteiger partial charge in [-0.3, -0.25) is 0 Å². The number of nitrogens with one attached hydrogen (secondary N) is 2. The molecule has 104 valence electrons. The van der Waals surface area contributed by atoms with Crippen molar-refractivity contribution < 1.29 is 8.42 Å². The Hall–Kier alpha value is -1.18. The molecule has 0 fully saturated rings. The van der Waals surface area contributed by atoms with Gasteiger partial charge in [0.25, 0.3) is 0 Å². The lowest BCUT2D eigenvalue weighted by molar-refractivity contribution is 0.476. The SMILES string of the molecule is CC(C)(CNc1nc2ccccc2s1)NS(C)(=O)=O. The highest BCUT2D eigenvalue weighted by molar-refractivity contribution is 7.88. The van der Waals surface area contributed by atoms with Crippen LogP contribution in [0.3, 0.4) is 0 Å². The number of rotatable bonds is 5. The first-order chi connectivity index (χ1) is 8.75. The zero-order valence-electron chi connectivity index (χ0n) is 11.1. The predicted octanol–water partition coefficient (Wildman–Crippen LogP) is 2.04. The summed E-state index contributed by atoms with van der Waals surface area (Å²) < 4.78 is 26.2. The Morgan fingerprint density at radius 3 is 2.63 bits per heavy atom. The first-order valence-electron chi connectivity index (χ1n) is 5.84. The highest BCUT2D eigenvalue weighted by Gasteiger charge is 2.22. The van der Waals surface area contributed by atoms with Crippen molar-refractivity contribution in [1.82, 2.24) is 9.71 Å². The van der Waals surface area contributed by atoms with Crippen LogP contribution >= 0.6 is 11.3 Å². The molecule has 0 aliphatic heterocycles. The number of para-hydroxylation sites is 1. The molecule has 0 atom stereocenters. The number of hydrogen-bond acceptors (Lipinski definition) is 5. The van der Waals surface area contributed by atoms with Crippen LogP contribution in [0.2, 0.25) is 0 Å². The molecule has 2 aromatic rings. The van der Waals surface area contributed by atoms with Crippen molar-refractivity contribution >= 4 is 36.7 Å². The summed E-state index contributed by atoms with van der Waals surface area (Å²) >= 11 is 1.56. The molecule has 5 nitrogen and oxygen atoms in total. The summed E-state index contributed by atoms with van der Waals surface area (Å²) in [7, 11) is -3.22. The van der Waals surface area contributed by atoms with E-state index >= 15 is 0 Å². The summed E-state index contributed by atoms with van der Waals surface area (Å²) in [4.78, 5) is 4.44. The number of thiazole rings is 1. The third kappa shape index (κ3) is 4.15. The van der Waals surface area contributed by atoms with E-state index in [1.165, 1.54) is 0 Å². The largest absolute Gasteiger partial charge is 0.360 e. The zero-order chi connectivity index (χ0) is 14.1. The second-order valence-corrected chi connectivity index (χ2v) is 7.88. The Morgan fingerprint density at radius 2 is 2.00 bits per heavy atom. The van der Waals surface area contributed by atoms with Gasteiger partial charge < -0.3 is 5.32 Å². The summed E-state index contributed by atoms with van der Waals surface area (Å²) in [5, 5.41) is 3.97. The van der Waals surface area contributed by atoms with Crippen molar-refractivity contribution in [2.75, 3.05) is 18.1 Å². The molecule has 0 spiro atoms. The number of fused-ring (bicyclic) bond motifs is 1. The molecule has 1 aromatic heterocycles. The maximum atomic E-state index is 11.2. The summed E-state index contributed by atoms with van der Waals surface area (Å²) in [6.07, 6.45) is 1.16. The monoisotopic (exact) mass is 299 g/mol. The van der Waals surface area contributed by atoms with E-state index in [-0.39, 0.29) is 0 Å². The van der Waals surface area contributed by atoms with Gasteiger partial charge in [-0.05, 0) is 26.0 Å². The zero-order valence-corrected chi connectivity index (χ0v) is 12.7. The predicted molar refractivity (Wildman–Crippen MR) is 80.2 cm³/mol. The van der Waals surface area contributed by atoms with Crippen LogP contribution in [0.15, 0.2) is 24.3 Å². The van der Waals surface area contributed by atoms with Gasteiger partial charge in [-0.1, -0.05) is 23.5 Å². The Bertz CT molecular complexity index is 644.